The van der Waals surface area contributed by atoms with Crippen molar-refractivity contribution in [3.8, 4) is 0 Å². The summed E-state index contributed by atoms with van der Waals surface area (Å²) in [4.78, 5) is 37.7. The van der Waals surface area contributed by atoms with Crippen molar-refractivity contribution in [2.45, 2.75) is 181 Å². The van der Waals surface area contributed by atoms with Crippen LogP contribution in [0.3, 0.4) is 0 Å². The summed E-state index contributed by atoms with van der Waals surface area (Å²) in [7, 11) is 0. The highest BCUT2D eigenvalue weighted by Gasteiger charge is 2.19. The molecule has 0 aromatic rings. The van der Waals surface area contributed by atoms with Gasteiger partial charge in [-0.1, -0.05) is 195 Å². The quantitative estimate of drug-likeness (QED) is 0.0271. The molecular formula is C49H78O6. The molecule has 0 aliphatic heterocycles. The molecule has 6 heteroatoms. The third kappa shape index (κ3) is 41.3. The number of esters is 3. The third-order valence-corrected chi connectivity index (χ3v) is 8.77. The fraction of sp³-hybridized carbons (Fsp3) is 0.612. The summed E-state index contributed by atoms with van der Waals surface area (Å²) in [6.45, 7) is 6.24. The van der Waals surface area contributed by atoms with Gasteiger partial charge in [0.1, 0.15) is 13.2 Å². The largest absolute Gasteiger partial charge is 0.462 e. The smallest absolute Gasteiger partial charge is 0.306 e. The highest BCUT2D eigenvalue weighted by molar-refractivity contribution is 5.71. The molecule has 0 aromatic carbocycles. The molecule has 0 N–H and O–H groups in total. The fourth-order valence-corrected chi connectivity index (χ4v) is 5.52. The van der Waals surface area contributed by atoms with Crippen LogP contribution in [0.2, 0.25) is 0 Å². The van der Waals surface area contributed by atoms with Crippen LogP contribution in [0.1, 0.15) is 175 Å². The minimum Gasteiger partial charge on any atom is -0.462 e. The molecule has 0 rings (SSSR count). The van der Waals surface area contributed by atoms with E-state index in [1.165, 1.54) is 51.4 Å². The SMILES string of the molecule is CC\C=C/C=C\C=C/C=C\CCCCCC(=O)OCC(COC(=O)CCCCCCCCCCCCC)OC(=O)CCCCC\C=C/C=C\C=C/C=C\CC. The van der Waals surface area contributed by atoms with Gasteiger partial charge in [0.15, 0.2) is 6.10 Å². The first-order valence-electron chi connectivity index (χ1n) is 21.8. The Morgan fingerprint density at radius 2 is 0.709 bits per heavy atom. The van der Waals surface area contributed by atoms with Gasteiger partial charge in [-0.15, -0.1) is 0 Å². The highest BCUT2D eigenvalue weighted by atomic mass is 16.6. The van der Waals surface area contributed by atoms with Crippen LogP contribution in [0, 0.1) is 0 Å². The van der Waals surface area contributed by atoms with Crippen molar-refractivity contribution in [2.24, 2.45) is 0 Å². The predicted molar refractivity (Wildman–Crippen MR) is 233 cm³/mol. The van der Waals surface area contributed by atoms with Crippen LogP contribution in [0.15, 0.2) is 97.2 Å². The van der Waals surface area contributed by atoms with Crippen molar-refractivity contribution in [2.75, 3.05) is 13.2 Å². The minimum absolute atomic E-state index is 0.107. The van der Waals surface area contributed by atoms with E-state index in [1.54, 1.807) is 0 Å². The fourth-order valence-electron chi connectivity index (χ4n) is 5.52. The van der Waals surface area contributed by atoms with E-state index in [-0.39, 0.29) is 37.5 Å². The van der Waals surface area contributed by atoms with E-state index in [1.807, 2.05) is 72.9 Å². The molecule has 1 unspecified atom stereocenters. The van der Waals surface area contributed by atoms with Crippen molar-refractivity contribution in [3.63, 3.8) is 0 Å². The zero-order valence-electron chi connectivity index (χ0n) is 35.1. The Hall–Kier alpha value is -3.67. The Morgan fingerprint density at radius 1 is 0.382 bits per heavy atom. The average molecular weight is 763 g/mol. The van der Waals surface area contributed by atoms with Gasteiger partial charge in [0.2, 0.25) is 0 Å². The first-order chi connectivity index (χ1) is 27.0. The minimum atomic E-state index is -0.810. The summed E-state index contributed by atoms with van der Waals surface area (Å²) >= 11 is 0. The molecule has 0 saturated heterocycles. The maximum atomic E-state index is 12.7. The van der Waals surface area contributed by atoms with Gasteiger partial charge in [0, 0.05) is 19.3 Å². The lowest BCUT2D eigenvalue weighted by molar-refractivity contribution is -0.167. The van der Waals surface area contributed by atoms with Gasteiger partial charge in [0.25, 0.3) is 0 Å². The lowest BCUT2D eigenvalue weighted by Gasteiger charge is -2.18. The second-order valence-corrected chi connectivity index (χ2v) is 14.0. The maximum Gasteiger partial charge on any atom is 0.306 e. The molecule has 55 heavy (non-hydrogen) atoms. The van der Waals surface area contributed by atoms with E-state index in [0.717, 1.165) is 77.0 Å². The number of ether oxygens (including phenoxy) is 3. The van der Waals surface area contributed by atoms with Crippen molar-refractivity contribution < 1.29 is 28.6 Å². The Morgan fingerprint density at radius 3 is 1.11 bits per heavy atom. The standard InChI is InChI=1S/C49H78O6/c1-4-7-10-13-16-19-22-24-27-30-33-36-39-42-48(51)54-45-46(44-53-47(50)41-38-35-32-29-26-21-18-15-12-9-6-3)55-49(52)43-40-37-34-31-28-25-23-20-17-14-11-8-5-2/h7-8,10-11,13-14,16-17,19-20,22-25,27-28,46H,4-6,9,12,15,18,21,26,29-45H2,1-3H3/b10-7-,11-8-,16-13-,17-14-,22-19-,23-20-,27-24-,28-25-. The van der Waals surface area contributed by atoms with Crippen LogP contribution in [-0.2, 0) is 28.6 Å². The first kappa shape index (κ1) is 51.3. The Labute approximate surface area is 337 Å². The number of allylic oxidation sites excluding steroid dienone is 16. The summed E-state index contributed by atoms with van der Waals surface area (Å²) in [6, 6.07) is 0. The van der Waals surface area contributed by atoms with Crippen LogP contribution < -0.4 is 0 Å². The molecule has 0 amide bonds. The zero-order valence-corrected chi connectivity index (χ0v) is 35.1. The van der Waals surface area contributed by atoms with E-state index in [4.69, 9.17) is 14.2 Å². The molecule has 0 heterocycles. The van der Waals surface area contributed by atoms with Crippen LogP contribution in [0.4, 0.5) is 0 Å². The second-order valence-electron chi connectivity index (χ2n) is 14.0. The monoisotopic (exact) mass is 763 g/mol. The molecule has 0 radical (unpaired) electrons. The van der Waals surface area contributed by atoms with E-state index < -0.39 is 6.10 Å². The Balaban J connectivity index is 4.54. The molecule has 0 aromatic heterocycles. The summed E-state index contributed by atoms with van der Waals surface area (Å²) < 4.78 is 16.6. The predicted octanol–water partition coefficient (Wildman–Crippen LogP) is 13.9. The van der Waals surface area contributed by atoms with Crippen molar-refractivity contribution >= 4 is 17.9 Å². The van der Waals surface area contributed by atoms with Gasteiger partial charge in [-0.3, -0.25) is 14.4 Å². The number of hydrogen-bond donors (Lipinski definition) is 0. The molecular weight excluding hydrogens is 685 g/mol. The number of carbonyl (C=O) groups excluding carboxylic acids is 3. The number of rotatable bonds is 37. The zero-order chi connectivity index (χ0) is 40.1. The number of unbranched alkanes of at least 4 members (excludes halogenated alkanes) is 16. The molecule has 0 aliphatic carbocycles. The lowest BCUT2D eigenvalue weighted by atomic mass is 10.1. The molecule has 6 nitrogen and oxygen atoms in total. The van der Waals surface area contributed by atoms with Crippen molar-refractivity contribution in [3.05, 3.63) is 97.2 Å². The van der Waals surface area contributed by atoms with E-state index in [0.29, 0.717) is 19.3 Å². The first-order valence-corrected chi connectivity index (χ1v) is 21.8. The number of hydrogen-bond acceptors (Lipinski definition) is 6. The summed E-state index contributed by atoms with van der Waals surface area (Å²) in [5, 5.41) is 0. The topological polar surface area (TPSA) is 78.9 Å². The van der Waals surface area contributed by atoms with Crippen LogP contribution in [0.25, 0.3) is 0 Å². The molecule has 0 bridgehead atoms. The van der Waals surface area contributed by atoms with Gasteiger partial charge in [-0.25, -0.2) is 0 Å². The lowest BCUT2D eigenvalue weighted by Crippen LogP contribution is -2.30. The Bertz CT molecular complexity index is 1150. The van der Waals surface area contributed by atoms with Crippen LogP contribution in [0.5, 0.6) is 0 Å². The van der Waals surface area contributed by atoms with Crippen molar-refractivity contribution in [1.29, 1.82) is 0 Å². The Kier molecular flexibility index (Phi) is 40.2. The molecule has 310 valence electrons. The van der Waals surface area contributed by atoms with Gasteiger partial charge >= 0.3 is 17.9 Å². The molecule has 0 saturated carbocycles. The van der Waals surface area contributed by atoms with Gasteiger partial charge in [0.05, 0.1) is 0 Å². The molecule has 0 fully saturated rings. The van der Waals surface area contributed by atoms with Gasteiger partial charge < -0.3 is 14.2 Å². The molecule has 0 spiro atoms. The normalized spacial score (nSPS) is 13.0. The van der Waals surface area contributed by atoms with E-state index in [2.05, 4.69) is 45.1 Å². The van der Waals surface area contributed by atoms with E-state index in [9.17, 15) is 14.4 Å². The second kappa shape index (κ2) is 43.1. The third-order valence-electron chi connectivity index (χ3n) is 8.77. The van der Waals surface area contributed by atoms with Crippen molar-refractivity contribution in [1.82, 2.24) is 0 Å². The molecule has 1 atom stereocenters. The molecule has 0 aliphatic rings. The highest BCUT2D eigenvalue weighted by Crippen LogP contribution is 2.13. The van der Waals surface area contributed by atoms with Crippen LogP contribution >= 0.6 is 0 Å². The summed E-state index contributed by atoms with van der Waals surface area (Å²) in [5.41, 5.74) is 0. The van der Waals surface area contributed by atoms with Crippen LogP contribution in [-0.4, -0.2) is 37.2 Å². The van der Waals surface area contributed by atoms with E-state index >= 15 is 0 Å². The summed E-state index contributed by atoms with van der Waals surface area (Å²) in [6.07, 6.45) is 55.3. The summed E-state index contributed by atoms with van der Waals surface area (Å²) in [5.74, 6) is -0.999. The van der Waals surface area contributed by atoms with Gasteiger partial charge in [-0.2, -0.15) is 0 Å². The average Bonchev–Trinajstić information content (AvgIpc) is 3.18. The maximum absolute atomic E-state index is 12.7. The number of carbonyl (C=O) groups is 3. The van der Waals surface area contributed by atoms with Gasteiger partial charge in [-0.05, 0) is 57.8 Å².